The molecule has 0 saturated heterocycles. The molecule has 1 aromatic rings. The fraction of sp³-hybridized carbons (Fsp3) is 0.333. The monoisotopic (exact) mass is 317 g/mol. The van der Waals surface area contributed by atoms with Crippen LogP contribution < -0.4 is 5.32 Å². The highest BCUT2D eigenvalue weighted by molar-refractivity contribution is 5.87. The number of esters is 1. The zero-order valence-electron chi connectivity index (χ0n) is 13.6. The van der Waals surface area contributed by atoms with Gasteiger partial charge in [0.1, 0.15) is 6.61 Å². The Balaban J connectivity index is 2.69. The maximum Gasteiger partial charge on any atom is 0.408 e. The number of amides is 1. The van der Waals surface area contributed by atoms with E-state index in [0.717, 1.165) is 5.56 Å². The second kappa shape index (κ2) is 9.46. The lowest BCUT2D eigenvalue weighted by Gasteiger charge is -2.24. The molecule has 1 atom stereocenters. The second-order valence-corrected chi connectivity index (χ2v) is 5.04. The Morgan fingerprint density at radius 1 is 1.26 bits per heavy atom. The number of ether oxygens (including phenoxy) is 2. The van der Waals surface area contributed by atoms with E-state index >= 15 is 0 Å². The molecule has 0 aliphatic heterocycles. The molecule has 0 radical (unpaired) electrons. The van der Waals surface area contributed by atoms with Gasteiger partial charge in [-0.1, -0.05) is 48.6 Å². The number of hydrogen-bond acceptors (Lipinski definition) is 4. The molecule has 0 fully saturated rings. The van der Waals surface area contributed by atoms with Crippen molar-refractivity contribution in [1.29, 1.82) is 0 Å². The van der Waals surface area contributed by atoms with Gasteiger partial charge in [0.15, 0.2) is 5.54 Å². The lowest BCUT2D eigenvalue weighted by Crippen LogP contribution is -2.51. The van der Waals surface area contributed by atoms with Crippen molar-refractivity contribution in [2.24, 2.45) is 0 Å². The summed E-state index contributed by atoms with van der Waals surface area (Å²) in [6.07, 6.45) is 4.90. The molecule has 0 aliphatic rings. The van der Waals surface area contributed by atoms with Crippen molar-refractivity contribution in [2.75, 3.05) is 6.61 Å². The SMILES string of the molecule is C=CC/C=C/[C@@](C)(NC(=O)OCc1ccccc1)C(=O)OCC. The van der Waals surface area contributed by atoms with Crippen LogP contribution in [0.15, 0.2) is 55.1 Å². The molecule has 0 aliphatic carbocycles. The molecular weight excluding hydrogens is 294 g/mol. The Morgan fingerprint density at radius 2 is 1.96 bits per heavy atom. The van der Waals surface area contributed by atoms with E-state index in [1.54, 1.807) is 32.1 Å². The molecule has 0 unspecified atom stereocenters. The van der Waals surface area contributed by atoms with E-state index in [2.05, 4.69) is 11.9 Å². The first-order chi connectivity index (χ1) is 11.0. The van der Waals surface area contributed by atoms with Crippen molar-refractivity contribution in [3.05, 3.63) is 60.7 Å². The Bertz CT molecular complexity index is 553. The van der Waals surface area contributed by atoms with Crippen LogP contribution in [0.25, 0.3) is 0 Å². The van der Waals surface area contributed by atoms with Gasteiger partial charge < -0.3 is 14.8 Å². The minimum Gasteiger partial charge on any atom is -0.464 e. The minimum absolute atomic E-state index is 0.127. The predicted octanol–water partition coefficient (Wildman–Crippen LogP) is 3.37. The molecule has 5 heteroatoms. The fourth-order valence-electron chi connectivity index (χ4n) is 1.81. The molecule has 1 aromatic carbocycles. The summed E-state index contributed by atoms with van der Waals surface area (Å²) in [6.45, 7) is 7.23. The van der Waals surface area contributed by atoms with Gasteiger partial charge in [-0.05, 0) is 25.8 Å². The fourth-order valence-corrected chi connectivity index (χ4v) is 1.81. The van der Waals surface area contributed by atoms with Crippen LogP contribution >= 0.6 is 0 Å². The number of allylic oxidation sites excluding steroid dienone is 2. The molecule has 0 bridgehead atoms. The van der Waals surface area contributed by atoms with E-state index in [1.165, 1.54) is 0 Å². The molecule has 1 rings (SSSR count). The van der Waals surface area contributed by atoms with Crippen molar-refractivity contribution < 1.29 is 19.1 Å². The normalized spacial score (nSPS) is 13.1. The smallest absolute Gasteiger partial charge is 0.408 e. The van der Waals surface area contributed by atoms with Crippen LogP contribution in [0.1, 0.15) is 25.8 Å². The number of nitrogens with one attached hydrogen (secondary N) is 1. The number of hydrogen-bond donors (Lipinski definition) is 1. The third-order valence-corrected chi connectivity index (χ3v) is 3.03. The maximum absolute atomic E-state index is 12.1. The molecule has 0 saturated carbocycles. The molecule has 124 valence electrons. The third kappa shape index (κ3) is 6.38. The largest absolute Gasteiger partial charge is 0.464 e. The van der Waals surface area contributed by atoms with Crippen molar-refractivity contribution in [1.82, 2.24) is 5.32 Å². The average molecular weight is 317 g/mol. The van der Waals surface area contributed by atoms with Gasteiger partial charge in [0.25, 0.3) is 0 Å². The maximum atomic E-state index is 12.1. The predicted molar refractivity (Wildman–Crippen MR) is 88.8 cm³/mol. The lowest BCUT2D eigenvalue weighted by molar-refractivity contribution is -0.148. The molecule has 1 amide bonds. The highest BCUT2D eigenvalue weighted by Gasteiger charge is 2.34. The quantitative estimate of drug-likeness (QED) is 0.590. The highest BCUT2D eigenvalue weighted by Crippen LogP contribution is 2.11. The number of alkyl carbamates (subject to hydrolysis) is 1. The average Bonchev–Trinajstić information content (AvgIpc) is 2.54. The van der Waals surface area contributed by atoms with Gasteiger partial charge in [-0.25, -0.2) is 9.59 Å². The van der Waals surface area contributed by atoms with E-state index in [4.69, 9.17) is 9.47 Å². The minimum atomic E-state index is -1.28. The Morgan fingerprint density at radius 3 is 2.57 bits per heavy atom. The zero-order valence-corrected chi connectivity index (χ0v) is 13.6. The van der Waals surface area contributed by atoms with Gasteiger partial charge in [-0.3, -0.25) is 0 Å². The molecule has 5 nitrogen and oxygen atoms in total. The van der Waals surface area contributed by atoms with Crippen LogP contribution in [-0.2, 0) is 20.9 Å². The number of carbonyl (C=O) groups is 2. The first-order valence-corrected chi connectivity index (χ1v) is 7.46. The van der Waals surface area contributed by atoms with Crippen LogP contribution in [0.2, 0.25) is 0 Å². The second-order valence-electron chi connectivity index (χ2n) is 5.04. The van der Waals surface area contributed by atoms with Gasteiger partial charge in [0.2, 0.25) is 0 Å². The summed E-state index contributed by atoms with van der Waals surface area (Å²) in [5.41, 5.74) is -0.421. The number of rotatable bonds is 8. The summed E-state index contributed by atoms with van der Waals surface area (Å²) in [4.78, 5) is 24.1. The third-order valence-electron chi connectivity index (χ3n) is 3.03. The molecule has 1 N–H and O–H groups in total. The van der Waals surface area contributed by atoms with E-state index in [1.807, 2.05) is 30.3 Å². The first-order valence-electron chi connectivity index (χ1n) is 7.46. The Hall–Kier alpha value is -2.56. The van der Waals surface area contributed by atoms with Crippen LogP contribution in [0.5, 0.6) is 0 Å². The van der Waals surface area contributed by atoms with Crippen LogP contribution in [0.3, 0.4) is 0 Å². The number of benzene rings is 1. The summed E-state index contributed by atoms with van der Waals surface area (Å²) in [5.74, 6) is -0.544. The zero-order chi connectivity index (χ0) is 17.1. The van der Waals surface area contributed by atoms with Crippen molar-refractivity contribution in [3.8, 4) is 0 Å². The van der Waals surface area contributed by atoms with Gasteiger partial charge in [-0.2, -0.15) is 0 Å². The van der Waals surface area contributed by atoms with E-state index in [0.29, 0.717) is 6.42 Å². The van der Waals surface area contributed by atoms with Crippen LogP contribution in [0, 0.1) is 0 Å². The summed E-state index contributed by atoms with van der Waals surface area (Å²) in [5, 5.41) is 2.55. The van der Waals surface area contributed by atoms with Gasteiger partial charge in [0.05, 0.1) is 6.61 Å². The van der Waals surface area contributed by atoms with Crippen molar-refractivity contribution in [2.45, 2.75) is 32.4 Å². The van der Waals surface area contributed by atoms with Crippen LogP contribution in [-0.4, -0.2) is 24.2 Å². The van der Waals surface area contributed by atoms with Gasteiger partial charge in [-0.15, -0.1) is 6.58 Å². The van der Waals surface area contributed by atoms with Crippen molar-refractivity contribution >= 4 is 12.1 Å². The topological polar surface area (TPSA) is 64.6 Å². The Kier molecular flexibility index (Phi) is 7.60. The highest BCUT2D eigenvalue weighted by atomic mass is 16.6. The van der Waals surface area contributed by atoms with E-state index < -0.39 is 17.6 Å². The lowest BCUT2D eigenvalue weighted by atomic mass is 10.0. The first kappa shape index (κ1) is 18.5. The Labute approximate surface area is 137 Å². The van der Waals surface area contributed by atoms with Gasteiger partial charge >= 0.3 is 12.1 Å². The van der Waals surface area contributed by atoms with Gasteiger partial charge in [0, 0.05) is 0 Å². The van der Waals surface area contributed by atoms with E-state index in [-0.39, 0.29) is 13.2 Å². The summed E-state index contributed by atoms with van der Waals surface area (Å²) in [6, 6.07) is 9.30. The molecule has 23 heavy (non-hydrogen) atoms. The number of carbonyl (C=O) groups excluding carboxylic acids is 2. The molecule has 0 aromatic heterocycles. The summed E-state index contributed by atoms with van der Waals surface area (Å²) < 4.78 is 10.2. The summed E-state index contributed by atoms with van der Waals surface area (Å²) in [7, 11) is 0. The molecular formula is C18H23NO4. The summed E-state index contributed by atoms with van der Waals surface area (Å²) >= 11 is 0. The van der Waals surface area contributed by atoms with E-state index in [9.17, 15) is 9.59 Å². The molecule has 0 heterocycles. The standard InChI is InChI=1S/C18H23NO4/c1-4-6-10-13-18(3,16(20)22-5-2)19-17(21)23-14-15-11-8-7-9-12-15/h4,7-13H,1,5-6,14H2,2-3H3,(H,19,21)/b13-10+/t18-/m1/s1. The van der Waals surface area contributed by atoms with Crippen molar-refractivity contribution in [3.63, 3.8) is 0 Å². The van der Waals surface area contributed by atoms with Crippen LogP contribution in [0.4, 0.5) is 4.79 Å². The molecule has 0 spiro atoms.